The van der Waals surface area contributed by atoms with E-state index in [1.165, 1.54) is 12.1 Å². The van der Waals surface area contributed by atoms with E-state index in [1.807, 2.05) is 0 Å². The SMILES string of the molecule is CC1(C)Oc2c(O)ccc([N+](=O)[O-])c2O1. The highest BCUT2D eigenvalue weighted by atomic mass is 16.7. The number of aromatic hydroxyl groups is 1. The van der Waals surface area contributed by atoms with Gasteiger partial charge >= 0.3 is 5.69 Å². The van der Waals surface area contributed by atoms with E-state index in [0.717, 1.165) is 0 Å². The second-order valence-corrected chi connectivity index (χ2v) is 3.62. The number of nitrogens with zero attached hydrogens (tertiary/aromatic N) is 1. The number of hydrogen-bond donors (Lipinski definition) is 1. The summed E-state index contributed by atoms with van der Waals surface area (Å²) in [5.41, 5.74) is -0.214. The van der Waals surface area contributed by atoms with E-state index in [-0.39, 0.29) is 22.9 Å². The van der Waals surface area contributed by atoms with Gasteiger partial charge in [-0.15, -0.1) is 0 Å². The van der Waals surface area contributed by atoms with Crippen LogP contribution in [0.25, 0.3) is 0 Å². The molecule has 1 aromatic rings. The fourth-order valence-corrected chi connectivity index (χ4v) is 1.40. The summed E-state index contributed by atoms with van der Waals surface area (Å²) < 4.78 is 10.5. The molecule has 0 bridgehead atoms. The van der Waals surface area contributed by atoms with Gasteiger partial charge in [0.25, 0.3) is 0 Å². The van der Waals surface area contributed by atoms with Crippen molar-refractivity contribution in [2.45, 2.75) is 19.6 Å². The summed E-state index contributed by atoms with van der Waals surface area (Å²) in [5.74, 6) is -1.16. The number of rotatable bonds is 1. The molecule has 15 heavy (non-hydrogen) atoms. The molecule has 6 nitrogen and oxygen atoms in total. The first-order chi connectivity index (χ1) is 6.91. The molecule has 1 aliphatic rings. The van der Waals surface area contributed by atoms with Crippen molar-refractivity contribution in [2.75, 3.05) is 0 Å². The lowest BCUT2D eigenvalue weighted by molar-refractivity contribution is -0.386. The quantitative estimate of drug-likeness (QED) is 0.565. The number of nitro benzene ring substituents is 1. The average molecular weight is 211 g/mol. The maximum Gasteiger partial charge on any atom is 0.315 e. The monoisotopic (exact) mass is 211 g/mol. The number of phenolic OH excluding ortho intramolecular Hbond substituents is 1. The Balaban J connectivity index is 2.60. The molecule has 1 N–H and O–H groups in total. The highest BCUT2D eigenvalue weighted by Crippen LogP contribution is 2.50. The van der Waals surface area contributed by atoms with E-state index in [0.29, 0.717) is 0 Å². The minimum Gasteiger partial charge on any atom is -0.504 e. The Morgan fingerprint density at radius 1 is 1.33 bits per heavy atom. The largest absolute Gasteiger partial charge is 0.504 e. The van der Waals surface area contributed by atoms with Gasteiger partial charge in [0.15, 0.2) is 5.75 Å². The predicted molar refractivity (Wildman–Crippen MR) is 50.1 cm³/mol. The van der Waals surface area contributed by atoms with Crippen molar-refractivity contribution in [1.29, 1.82) is 0 Å². The number of fused-ring (bicyclic) bond motifs is 1. The van der Waals surface area contributed by atoms with Gasteiger partial charge in [0.2, 0.25) is 17.3 Å². The van der Waals surface area contributed by atoms with E-state index >= 15 is 0 Å². The van der Waals surface area contributed by atoms with E-state index in [4.69, 9.17) is 9.47 Å². The first-order valence-corrected chi connectivity index (χ1v) is 4.29. The summed E-state index contributed by atoms with van der Waals surface area (Å²) in [6.45, 7) is 3.21. The summed E-state index contributed by atoms with van der Waals surface area (Å²) in [4.78, 5) is 10.1. The molecule has 6 heteroatoms. The van der Waals surface area contributed by atoms with Crippen molar-refractivity contribution in [2.24, 2.45) is 0 Å². The molecule has 1 heterocycles. The van der Waals surface area contributed by atoms with E-state index in [1.54, 1.807) is 13.8 Å². The van der Waals surface area contributed by atoms with Crippen LogP contribution in [0.1, 0.15) is 13.8 Å². The highest BCUT2D eigenvalue weighted by molar-refractivity contribution is 5.63. The van der Waals surface area contributed by atoms with Crippen molar-refractivity contribution >= 4 is 5.69 Å². The molecule has 0 amide bonds. The second kappa shape index (κ2) is 2.75. The Kier molecular flexibility index (Phi) is 1.76. The topological polar surface area (TPSA) is 81.8 Å². The van der Waals surface area contributed by atoms with Crippen molar-refractivity contribution in [3.8, 4) is 17.2 Å². The summed E-state index contributed by atoms with van der Waals surface area (Å²) in [6, 6.07) is 2.39. The molecule has 0 aliphatic carbocycles. The van der Waals surface area contributed by atoms with Gasteiger partial charge in [0, 0.05) is 19.9 Å². The van der Waals surface area contributed by atoms with E-state index in [2.05, 4.69) is 0 Å². The van der Waals surface area contributed by atoms with Gasteiger partial charge in [-0.05, 0) is 6.07 Å². The van der Waals surface area contributed by atoms with Crippen molar-refractivity contribution < 1.29 is 19.5 Å². The third-order valence-corrected chi connectivity index (χ3v) is 1.96. The lowest BCUT2D eigenvalue weighted by Gasteiger charge is -2.15. The average Bonchev–Trinajstić information content (AvgIpc) is 2.41. The van der Waals surface area contributed by atoms with Gasteiger partial charge in [-0.25, -0.2) is 0 Å². The molecule has 1 aliphatic heterocycles. The van der Waals surface area contributed by atoms with Gasteiger partial charge in [0.05, 0.1) is 4.92 Å². The number of benzene rings is 1. The third-order valence-electron chi connectivity index (χ3n) is 1.96. The third kappa shape index (κ3) is 1.43. The molecule has 1 aromatic carbocycles. The van der Waals surface area contributed by atoms with Crippen LogP contribution in [-0.2, 0) is 0 Å². The highest BCUT2D eigenvalue weighted by Gasteiger charge is 2.39. The van der Waals surface area contributed by atoms with Crippen LogP contribution in [0.4, 0.5) is 5.69 Å². The van der Waals surface area contributed by atoms with E-state index in [9.17, 15) is 15.2 Å². The molecular formula is C9H9NO5. The molecule has 0 saturated heterocycles. The van der Waals surface area contributed by atoms with Crippen molar-refractivity contribution in [3.63, 3.8) is 0 Å². The van der Waals surface area contributed by atoms with E-state index < -0.39 is 10.7 Å². The zero-order valence-corrected chi connectivity index (χ0v) is 8.18. The summed E-state index contributed by atoms with van der Waals surface area (Å²) in [5, 5.41) is 20.1. The fourth-order valence-electron chi connectivity index (χ4n) is 1.40. The van der Waals surface area contributed by atoms with Crippen LogP contribution in [0.5, 0.6) is 17.2 Å². The van der Waals surface area contributed by atoms with Crippen LogP contribution >= 0.6 is 0 Å². The summed E-state index contributed by atoms with van der Waals surface area (Å²) in [7, 11) is 0. The first kappa shape index (κ1) is 9.57. The molecule has 2 rings (SSSR count). The van der Waals surface area contributed by atoms with Gasteiger partial charge in [-0.1, -0.05) is 0 Å². The summed E-state index contributed by atoms with van der Waals surface area (Å²) in [6.07, 6.45) is 0. The Labute approximate surface area is 85.2 Å². The minimum absolute atomic E-state index is 0.0224. The molecule has 0 atom stereocenters. The number of nitro groups is 1. The Bertz CT molecular complexity index is 440. The van der Waals surface area contributed by atoms with Crippen molar-refractivity contribution in [3.05, 3.63) is 22.2 Å². The number of ether oxygens (including phenoxy) is 2. The zero-order chi connectivity index (χ0) is 11.2. The van der Waals surface area contributed by atoms with Crippen LogP contribution < -0.4 is 9.47 Å². The maximum atomic E-state index is 10.7. The molecular weight excluding hydrogens is 202 g/mol. The van der Waals surface area contributed by atoms with Crippen molar-refractivity contribution in [1.82, 2.24) is 0 Å². The maximum absolute atomic E-state index is 10.7. The normalized spacial score (nSPS) is 16.4. The number of hydrogen-bond acceptors (Lipinski definition) is 5. The Morgan fingerprint density at radius 2 is 1.93 bits per heavy atom. The Morgan fingerprint density at radius 3 is 2.53 bits per heavy atom. The lowest BCUT2D eigenvalue weighted by Crippen LogP contribution is -2.29. The lowest BCUT2D eigenvalue weighted by atomic mass is 10.2. The zero-order valence-electron chi connectivity index (χ0n) is 8.18. The first-order valence-electron chi connectivity index (χ1n) is 4.29. The molecule has 0 aromatic heterocycles. The standard InChI is InChI=1S/C9H9NO5/c1-9(2)14-7-5(10(12)13)3-4-6(11)8(7)15-9/h3-4,11H,1-2H3. The van der Waals surface area contributed by atoms with Gasteiger partial charge in [-0.3, -0.25) is 10.1 Å². The molecule has 80 valence electrons. The predicted octanol–water partition coefficient (Wildman–Crippen LogP) is 1.81. The van der Waals surface area contributed by atoms with Crippen LogP contribution in [0.3, 0.4) is 0 Å². The minimum atomic E-state index is -0.994. The molecule has 0 unspecified atom stereocenters. The smallest absolute Gasteiger partial charge is 0.315 e. The summed E-state index contributed by atoms with van der Waals surface area (Å²) >= 11 is 0. The number of phenols is 1. The fraction of sp³-hybridized carbons (Fsp3) is 0.333. The molecule has 0 radical (unpaired) electrons. The van der Waals surface area contributed by atoms with Crippen LogP contribution in [0, 0.1) is 10.1 Å². The van der Waals surface area contributed by atoms with Gasteiger partial charge < -0.3 is 14.6 Å². The van der Waals surface area contributed by atoms with Crippen LogP contribution in [0.2, 0.25) is 0 Å². The molecule has 0 saturated carbocycles. The van der Waals surface area contributed by atoms with Gasteiger partial charge in [0.1, 0.15) is 0 Å². The molecule has 0 fully saturated rings. The second-order valence-electron chi connectivity index (χ2n) is 3.62. The van der Waals surface area contributed by atoms with Crippen LogP contribution in [-0.4, -0.2) is 15.8 Å². The molecule has 0 spiro atoms. The Hall–Kier alpha value is -1.98. The van der Waals surface area contributed by atoms with Gasteiger partial charge in [-0.2, -0.15) is 0 Å². The van der Waals surface area contributed by atoms with Crippen LogP contribution in [0.15, 0.2) is 12.1 Å².